The molecule has 1 rings (SSSR count). The fourth-order valence-corrected chi connectivity index (χ4v) is 1.73. The highest BCUT2D eigenvalue weighted by Crippen LogP contribution is 2.15. The van der Waals surface area contributed by atoms with Crippen LogP contribution >= 0.6 is 0 Å². The lowest BCUT2D eigenvalue weighted by atomic mass is 10.1. The average Bonchev–Trinajstić information content (AvgIpc) is 2.20. The summed E-state index contributed by atoms with van der Waals surface area (Å²) in [6.45, 7) is 19.3. The van der Waals surface area contributed by atoms with Crippen molar-refractivity contribution in [3.05, 3.63) is 0 Å². The minimum atomic E-state index is 0.361. The summed E-state index contributed by atoms with van der Waals surface area (Å²) in [4.78, 5) is 5.08. The Kier molecular flexibility index (Phi) is 6.38. The van der Waals surface area contributed by atoms with Gasteiger partial charge in [-0.1, -0.05) is 20.8 Å². The van der Waals surface area contributed by atoms with Gasteiger partial charge in [0.15, 0.2) is 0 Å². The van der Waals surface area contributed by atoms with Gasteiger partial charge < -0.3 is 4.90 Å². The molecule has 14 heavy (non-hydrogen) atoms. The lowest BCUT2D eigenvalue weighted by Gasteiger charge is -2.42. The first-order valence-corrected chi connectivity index (χ1v) is 6.01. The second-order valence-electron chi connectivity index (χ2n) is 4.59. The van der Waals surface area contributed by atoms with Gasteiger partial charge in [-0.15, -0.1) is 0 Å². The maximum atomic E-state index is 2.57. The van der Waals surface area contributed by atoms with Gasteiger partial charge in [0.25, 0.3) is 0 Å². The van der Waals surface area contributed by atoms with Crippen LogP contribution in [0.1, 0.15) is 41.5 Å². The van der Waals surface area contributed by atoms with E-state index in [9.17, 15) is 0 Å². The summed E-state index contributed by atoms with van der Waals surface area (Å²) in [7, 11) is 0. The first kappa shape index (κ1) is 13.9. The zero-order chi connectivity index (χ0) is 11.2. The number of hydrogen-bond donors (Lipinski definition) is 0. The second-order valence-corrected chi connectivity index (χ2v) is 4.59. The molecule has 0 unspecified atom stereocenters. The van der Waals surface area contributed by atoms with E-state index in [1.807, 2.05) is 13.8 Å². The largest absolute Gasteiger partial charge is 0.301 e. The van der Waals surface area contributed by atoms with Gasteiger partial charge in [0, 0.05) is 31.7 Å². The molecule has 1 fully saturated rings. The van der Waals surface area contributed by atoms with Crippen LogP contribution in [-0.2, 0) is 0 Å². The van der Waals surface area contributed by atoms with Crippen LogP contribution in [0.4, 0.5) is 0 Å². The second kappa shape index (κ2) is 6.41. The summed E-state index contributed by atoms with van der Waals surface area (Å²) in [5, 5.41) is 0. The first-order chi connectivity index (χ1) is 6.54. The van der Waals surface area contributed by atoms with Crippen molar-refractivity contribution in [3.63, 3.8) is 0 Å². The van der Waals surface area contributed by atoms with Gasteiger partial charge in [0.2, 0.25) is 0 Å². The molecule has 0 amide bonds. The van der Waals surface area contributed by atoms with Crippen LogP contribution in [0.25, 0.3) is 0 Å². The van der Waals surface area contributed by atoms with Gasteiger partial charge in [-0.25, -0.2) is 0 Å². The van der Waals surface area contributed by atoms with Gasteiger partial charge in [0.05, 0.1) is 0 Å². The summed E-state index contributed by atoms with van der Waals surface area (Å²) >= 11 is 0. The molecule has 1 saturated heterocycles. The van der Waals surface area contributed by atoms with Crippen LogP contribution in [0.3, 0.4) is 0 Å². The molecule has 2 nitrogen and oxygen atoms in total. The van der Waals surface area contributed by atoms with Crippen LogP contribution in [-0.4, -0.2) is 48.1 Å². The maximum absolute atomic E-state index is 2.57. The normalized spacial score (nSPS) is 20.1. The number of piperazine rings is 1. The van der Waals surface area contributed by atoms with Crippen LogP contribution < -0.4 is 0 Å². The van der Waals surface area contributed by atoms with E-state index in [2.05, 4.69) is 37.5 Å². The van der Waals surface area contributed by atoms with Gasteiger partial charge in [-0.2, -0.15) is 0 Å². The van der Waals surface area contributed by atoms with E-state index in [0.717, 1.165) is 0 Å². The molecular formula is C12H28N2. The Hall–Kier alpha value is -0.0800. The summed E-state index contributed by atoms with van der Waals surface area (Å²) in [6.07, 6.45) is 0. The Morgan fingerprint density at radius 3 is 1.64 bits per heavy atom. The predicted molar refractivity (Wildman–Crippen MR) is 64.8 cm³/mol. The van der Waals surface area contributed by atoms with E-state index in [1.165, 1.54) is 32.7 Å². The van der Waals surface area contributed by atoms with Gasteiger partial charge >= 0.3 is 0 Å². The van der Waals surface area contributed by atoms with Crippen LogP contribution in [0.2, 0.25) is 0 Å². The average molecular weight is 200 g/mol. The minimum Gasteiger partial charge on any atom is -0.301 e. The minimum absolute atomic E-state index is 0.361. The lowest BCUT2D eigenvalue weighted by Crippen LogP contribution is -2.53. The van der Waals surface area contributed by atoms with E-state index >= 15 is 0 Å². The highest BCUT2D eigenvalue weighted by Gasteiger charge is 2.24. The van der Waals surface area contributed by atoms with Crippen molar-refractivity contribution in [2.45, 2.75) is 47.1 Å². The summed E-state index contributed by atoms with van der Waals surface area (Å²) < 4.78 is 0. The van der Waals surface area contributed by atoms with Crippen molar-refractivity contribution in [1.82, 2.24) is 9.80 Å². The third-order valence-corrected chi connectivity index (χ3v) is 2.77. The molecule has 0 aromatic carbocycles. The van der Waals surface area contributed by atoms with Crippen molar-refractivity contribution in [1.29, 1.82) is 0 Å². The van der Waals surface area contributed by atoms with E-state index in [4.69, 9.17) is 0 Å². The summed E-state index contributed by atoms with van der Waals surface area (Å²) in [5.41, 5.74) is 0.361. The van der Waals surface area contributed by atoms with Crippen molar-refractivity contribution < 1.29 is 0 Å². The van der Waals surface area contributed by atoms with Crippen molar-refractivity contribution in [2.75, 3.05) is 32.7 Å². The predicted octanol–water partition coefficient (Wildman–Crippen LogP) is 2.45. The smallest absolute Gasteiger partial charge is 0.0126 e. The SMILES string of the molecule is CC.CCN1CCN(C(C)(C)C)CC1. The van der Waals surface area contributed by atoms with Crippen molar-refractivity contribution >= 4 is 0 Å². The Morgan fingerprint density at radius 2 is 1.36 bits per heavy atom. The number of rotatable bonds is 1. The molecule has 0 bridgehead atoms. The van der Waals surface area contributed by atoms with Crippen molar-refractivity contribution in [2.24, 2.45) is 0 Å². The molecule has 0 N–H and O–H groups in total. The Labute approximate surface area is 90.3 Å². The highest BCUT2D eigenvalue weighted by atomic mass is 15.3. The summed E-state index contributed by atoms with van der Waals surface area (Å²) in [6, 6.07) is 0. The molecule has 0 aromatic rings. The van der Waals surface area contributed by atoms with E-state index in [-0.39, 0.29) is 0 Å². The molecule has 0 radical (unpaired) electrons. The molecular weight excluding hydrogens is 172 g/mol. The fraction of sp³-hybridized carbons (Fsp3) is 1.00. The number of likely N-dealkylation sites (N-methyl/N-ethyl adjacent to an activating group) is 1. The summed E-state index contributed by atoms with van der Waals surface area (Å²) in [5.74, 6) is 0. The molecule has 1 aliphatic rings. The number of nitrogens with zero attached hydrogens (tertiary/aromatic N) is 2. The van der Waals surface area contributed by atoms with Crippen molar-refractivity contribution in [3.8, 4) is 0 Å². The molecule has 0 saturated carbocycles. The first-order valence-electron chi connectivity index (χ1n) is 6.01. The molecule has 0 aliphatic carbocycles. The molecule has 0 atom stereocenters. The highest BCUT2D eigenvalue weighted by molar-refractivity contribution is 4.81. The van der Waals surface area contributed by atoms with Crippen LogP contribution in [0.5, 0.6) is 0 Å². The lowest BCUT2D eigenvalue weighted by molar-refractivity contribution is 0.0648. The molecule has 0 aromatic heterocycles. The van der Waals surface area contributed by atoms with Gasteiger partial charge in [0.1, 0.15) is 0 Å². The molecule has 1 heterocycles. The topological polar surface area (TPSA) is 6.48 Å². The van der Waals surface area contributed by atoms with E-state index in [1.54, 1.807) is 0 Å². The Balaban J connectivity index is 0.000000791. The standard InChI is InChI=1S/C10H22N2.C2H6/c1-5-11-6-8-12(9-7-11)10(2,3)4;1-2/h5-9H2,1-4H3;1-2H3. The third kappa shape index (κ3) is 4.43. The molecule has 2 heteroatoms. The van der Waals surface area contributed by atoms with E-state index < -0.39 is 0 Å². The monoisotopic (exact) mass is 200 g/mol. The number of hydrogen-bond acceptors (Lipinski definition) is 2. The quantitative estimate of drug-likeness (QED) is 0.641. The Morgan fingerprint density at radius 1 is 0.929 bits per heavy atom. The van der Waals surface area contributed by atoms with E-state index in [0.29, 0.717) is 5.54 Å². The third-order valence-electron chi connectivity index (χ3n) is 2.77. The molecule has 1 aliphatic heterocycles. The Bertz CT molecular complexity index is 130. The molecule has 0 spiro atoms. The fourth-order valence-electron chi connectivity index (χ4n) is 1.73. The van der Waals surface area contributed by atoms with Gasteiger partial charge in [-0.05, 0) is 27.3 Å². The maximum Gasteiger partial charge on any atom is 0.0126 e. The molecule has 86 valence electrons. The van der Waals surface area contributed by atoms with Crippen LogP contribution in [0, 0.1) is 0 Å². The zero-order valence-corrected chi connectivity index (χ0v) is 10.9. The van der Waals surface area contributed by atoms with Gasteiger partial charge in [-0.3, -0.25) is 4.90 Å². The van der Waals surface area contributed by atoms with Crippen LogP contribution in [0.15, 0.2) is 0 Å². The zero-order valence-electron chi connectivity index (χ0n) is 10.9.